The minimum absolute atomic E-state index is 0.00836. The Morgan fingerprint density at radius 2 is 1.73 bits per heavy atom. The summed E-state index contributed by atoms with van der Waals surface area (Å²) in [6.45, 7) is 0. The summed E-state index contributed by atoms with van der Waals surface area (Å²) in [4.78, 5) is 48.5. The van der Waals surface area contributed by atoms with Gasteiger partial charge in [0.05, 0.1) is 24.8 Å². The number of methoxy groups -OCH3 is 2. The number of ether oxygens (including phenoxy) is 2. The molecule has 0 radical (unpaired) electrons. The molecule has 11 heteroatoms. The van der Waals surface area contributed by atoms with Crippen molar-refractivity contribution in [3.05, 3.63) is 57.6 Å². The van der Waals surface area contributed by atoms with E-state index in [-0.39, 0.29) is 22.7 Å². The summed E-state index contributed by atoms with van der Waals surface area (Å²) in [6, 6.07) is 7.24. The fraction of sp³-hybridized carbons (Fsp3) is 0.105. The maximum atomic E-state index is 13.0. The summed E-state index contributed by atoms with van der Waals surface area (Å²) in [5.41, 5.74) is -1.18. The topological polar surface area (TPSA) is 151 Å². The molecule has 0 aliphatic carbocycles. The number of nitro benzene ring substituents is 1. The highest BCUT2D eigenvalue weighted by Crippen LogP contribution is 2.36. The van der Waals surface area contributed by atoms with Crippen LogP contribution >= 0.6 is 0 Å². The number of hydrogen-bond donors (Lipinski definition) is 1. The number of amides is 4. The highest BCUT2D eigenvalue weighted by Gasteiger charge is 2.38. The number of carbonyl (C=O) groups excluding carboxylic acids is 3. The van der Waals surface area contributed by atoms with E-state index in [9.17, 15) is 29.6 Å². The molecule has 1 N–H and O–H groups in total. The molecule has 30 heavy (non-hydrogen) atoms. The Morgan fingerprint density at radius 3 is 2.37 bits per heavy atom. The third-order valence-electron chi connectivity index (χ3n) is 4.21. The van der Waals surface area contributed by atoms with Gasteiger partial charge >= 0.3 is 6.03 Å². The number of nitrogens with one attached hydrogen (secondary N) is 1. The Balaban J connectivity index is 2.12. The fourth-order valence-corrected chi connectivity index (χ4v) is 2.84. The first-order chi connectivity index (χ1) is 14.3. The van der Waals surface area contributed by atoms with Crippen LogP contribution in [0.1, 0.15) is 5.56 Å². The first kappa shape index (κ1) is 20.3. The van der Waals surface area contributed by atoms with Gasteiger partial charge < -0.3 is 14.6 Å². The van der Waals surface area contributed by atoms with Crippen LogP contribution in [0.4, 0.5) is 16.2 Å². The summed E-state index contributed by atoms with van der Waals surface area (Å²) >= 11 is 0. The molecule has 11 nitrogen and oxygen atoms in total. The van der Waals surface area contributed by atoms with Crippen LogP contribution in [0.5, 0.6) is 17.2 Å². The van der Waals surface area contributed by atoms with Gasteiger partial charge in [-0.25, -0.2) is 9.69 Å². The number of para-hydroxylation sites is 2. The number of nitro groups is 1. The number of carbonyl (C=O) groups is 3. The van der Waals surface area contributed by atoms with Gasteiger partial charge in [0.25, 0.3) is 17.5 Å². The summed E-state index contributed by atoms with van der Waals surface area (Å²) in [5, 5.41) is 25.1. The molecule has 2 aromatic carbocycles. The lowest BCUT2D eigenvalue weighted by atomic mass is 10.1. The summed E-state index contributed by atoms with van der Waals surface area (Å²) in [7, 11) is 2.50. The predicted molar refractivity (Wildman–Crippen MR) is 101 cm³/mol. The molecule has 2 aromatic rings. The van der Waals surface area contributed by atoms with Gasteiger partial charge in [-0.15, -0.1) is 0 Å². The van der Waals surface area contributed by atoms with Gasteiger partial charge in [-0.2, -0.15) is 0 Å². The molecular weight excluding hydrogens is 398 g/mol. The van der Waals surface area contributed by atoms with Gasteiger partial charge in [0.2, 0.25) is 0 Å². The molecule has 1 saturated heterocycles. The zero-order valence-electron chi connectivity index (χ0n) is 15.7. The number of benzene rings is 2. The van der Waals surface area contributed by atoms with Crippen molar-refractivity contribution in [3.8, 4) is 17.2 Å². The van der Waals surface area contributed by atoms with Gasteiger partial charge in [0, 0.05) is 11.8 Å². The largest absolute Gasteiger partial charge is 0.865 e. The van der Waals surface area contributed by atoms with E-state index in [4.69, 9.17) is 9.47 Å². The maximum absolute atomic E-state index is 13.0. The van der Waals surface area contributed by atoms with E-state index >= 15 is 0 Å². The van der Waals surface area contributed by atoms with Crippen molar-refractivity contribution in [3.63, 3.8) is 0 Å². The number of urea groups is 1. The lowest BCUT2D eigenvalue weighted by Gasteiger charge is -2.27. The highest BCUT2D eigenvalue weighted by atomic mass is 16.6. The molecule has 0 spiro atoms. The molecule has 0 bridgehead atoms. The number of nitrogens with zero attached hydrogens (tertiary/aromatic N) is 2. The van der Waals surface area contributed by atoms with Crippen molar-refractivity contribution in [2.24, 2.45) is 0 Å². The Bertz CT molecular complexity index is 1110. The molecule has 3 rings (SSSR count). The summed E-state index contributed by atoms with van der Waals surface area (Å²) < 4.78 is 10.0. The quantitative estimate of drug-likeness (QED) is 0.334. The van der Waals surface area contributed by atoms with E-state index in [2.05, 4.69) is 0 Å². The first-order valence-corrected chi connectivity index (χ1v) is 8.36. The molecule has 0 aromatic heterocycles. The lowest BCUT2D eigenvalue weighted by Crippen LogP contribution is -2.54. The Morgan fingerprint density at radius 1 is 1.07 bits per heavy atom. The molecule has 4 amide bonds. The SMILES string of the molecule is COc1ccccc1N1C(=O)NC(=O)/C(=C/c2cc(OC)c([O-])c([N+](=O)[O-])c2)C1=O. The monoisotopic (exact) mass is 412 g/mol. The lowest BCUT2D eigenvalue weighted by molar-refractivity contribution is -0.398. The second-order valence-electron chi connectivity index (χ2n) is 5.96. The molecule has 0 atom stereocenters. The molecular formula is C19H14N3O8-. The van der Waals surface area contributed by atoms with Crippen molar-refractivity contribution < 1.29 is 33.9 Å². The fourth-order valence-electron chi connectivity index (χ4n) is 2.84. The predicted octanol–water partition coefficient (Wildman–Crippen LogP) is 1.35. The van der Waals surface area contributed by atoms with E-state index in [0.717, 1.165) is 25.3 Å². The number of hydrogen-bond acceptors (Lipinski definition) is 8. The van der Waals surface area contributed by atoms with Gasteiger partial charge in [-0.3, -0.25) is 25.0 Å². The molecule has 1 fully saturated rings. The van der Waals surface area contributed by atoms with E-state index in [0.29, 0.717) is 4.90 Å². The number of rotatable bonds is 5. The van der Waals surface area contributed by atoms with Crippen LogP contribution in [-0.2, 0) is 9.59 Å². The minimum atomic E-state index is -0.996. The zero-order chi connectivity index (χ0) is 22.0. The number of barbiturate groups is 1. The van der Waals surface area contributed by atoms with Crippen molar-refractivity contribution in [2.45, 2.75) is 0 Å². The van der Waals surface area contributed by atoms with Crippen LogP contribution in [0.2, 0.25) is 0 Å². The third kappa shape index (κ3) is 3.51. The molecule has 0 unspecified atom stereocenters. The third-order valence-corrected chi connectivity index (χ3v) is 4.21. The number of imide groups is 2. The van der Waals surface area contributed by atoms with Crippen molar-refractivity contribution >= 4 is 35.3 Å². The van der Waals surface area contributed by atoms with Crippen molar-refractivity contribution in [1.82, 2.24) is 5.32 Å². The van der Waals surface area contributed by atoms with Gasteiger partial charge in [-0.05, 0) is 29.8 Å². The average molecular weight is 412 g/mol. The Hall–Kier alpha value is -4.41. The van der Waals surface area contributed by atoms with E-state index in [1.165, 1.54) is 19.2 Å². The van der Waals surface area contributed by atoms with E-state index in [1.807, 2.05) is 5.32 Å². The molecule has 0 saturated carbocycles. The van der Waals surface area contributed by atoms with Crippen molar-refractivity contribution in [1.29, 1.82) is 0 Å². The summed E-state index contributed by atoms with van der Waals surface area (Å²) in [6.07, 6.45) is 1.03. The second kappa shape index (κ2) is 7.91. The smallest absolute Gasteiger partial charge is 0.336 e. The molecule has 154 valence electrons. The van der Waals surface area contributed by atoms with Gasteiger partial charge in [-0.1, -0.05) is 12.1 Å². The standard InChI is InChI=1S/C19H15N3O8/c1-29-14-6-4-3-5-12(14)21-18(25)11(17(24)20-19(21)26)7-10-8-13(22(27)28)16(23)15(9-10)30-2/h3-9,23H,1-2H3,(H,20,24,26)/p-1/b11-7-. The van der Waals surface area contributed by atoms with E-state index < -0.39 is 39.8 Å². The van der Waals surface area contributed by atoms with Crippen LogP contribution < -0.4 is 24.8 Å². The normalized spacial score (nSPS) is 15.2. The van der Waals surface area contributed by atoms with Crippen LogP contribution in [0.25, 0.3) is 6.08 Å². The van der Waals surface area contributed by atoms with E-state index in [1.54, 1.807) is 12.1 Å². The number of anilines is 1. The van der Waals surface area contributed by atoms with Crippen LogP contribution in [-0.4, -0.2) is 37.0 Å². The zero-order valence-corrected chi connectivity index (χ0v) is 15.7. The second-order valence-corrected chi connectivity index (χ2v) is 5.96. The first-order valence-electron chi connectivity index (χ1n) is 8.36. The van der Waals surface area contributed by atoms with Crippen molar-refractivity contribution in [2.75, 3.05) is 19.1 Å². The van der Waals surface area contributed by atoms with Crippen LogP contribution in [0.15, 0.2) is 42.0 Å². The Kier molecular flexibility index (Phi) is 5.36. The van der Waals surface area contributed by atoms with Gasteiger partial charge in [0.1, 0.15) is 17.1 Å². The minimum Gasteiger partial charge on any atom is -0.865 e. The Labute approximate surface area is 169 Å². The average Bonchev–Trinajstić information content (AvgIpc) is 2.72. The van der Waals surface area contributed by atoms with Crippen LogP contribution in [0.3, 0.4) is 0 Å². The van der Waals surface area contributed by atoms with Gasteiger partial charge in [0.15, 0.2) is 0 Å². The maximum Gasteiger partial charge on any atom is 0.336 e. The van der Waals surface area contributed by atoms with Crippen LogP contribution in [0, 0.1) is 10.1 Å². The highest BCUT2D eigenvalue weighted by molar-refractivity contribution is 6.39. The molecule has 1 heterocycles. The molecule has 1 aliphatic heterocycles. The summed E-state index contributed by atoms with van der Waals surface area (Å²) in [5.74, 6) is -3.04. The molecule has 1 aliphatic rings.